The fourth-order valence-electron chi connectivity index (χ4n) is 1.49. The van der Waals surface area contributed by atoms with E-state index in [1.54, 1.807) is 0 Å². The van der Waals surface area contributed by atoms with E-state index in [2.05, 4.69) is 29.1 Å². The average Bonchev–Trinajstić information content (AvgIpc) is 2.16. The van der Waals surface area contributed by atoms with E-state index in [1.165, 1.54) is 11.5 Å². The number of rotatable bonds is 6. The van der Waals surface area contributed by atoms with Crippen LogP contribution in [0.2, 0.25) is 0 Å². The van der Waals surface area contributed by atoms with Crippen LogP contribution in [0, 0.1) is 13.8 Å². The Hall–Kier alpha value is -0.770. The van der Waals surface area contributed by atoms with Crippen molar-refractivity contribution in [2.24, 2.45) is 0 Å². The normalized spacial score (nSPS) is 12.5. The molecule has 1 heterocycles. The van der Waals surface area contributed by atoms with E-state index in [0.717, 1.165) is 23.8 Å². The molecule has 0 saturated heterocycles. The molecular weight excluding hydrogens is 218 g/mol. The lowest BCUT2D eigenvalue weighted by atomic mass is 10.3. The summed E-state index contributed by atoms with van der Waals surface area (Å²) in [5.41, 5.74) is 2.04. The van der Waals surface area contributed by atoms with E-state index < -0.39 is 0 Å². The van der Waals surface area contributed by atoms with Crippen LogP contribution in [0.4, 0.5) is 5.95 Å². The molecule has 1 aromatic heterocycles. The third-order valence-electron chi connectivity index (χ3n) is 2.26. The molecule has 4 heteroatoms. The second-order valence-electron chi connectivity index (χ2n) is 4.01. The molecule has 0 aromatic carbocycles. The fraction of sp³-hybridized carbons (Fsp3) is 0.667. The molecule has 1 aromatic rings. The minimum absolute atomic E-state index is 0.431. The van der Waals surface area contributed by atoms with Gasteiger partial charge in [-0.2, -0.15) is 11.8 Å². The molecule has 0 amide bonds. The van der Waals surface area contributed by atoms with E-state index in [0.29, 0.717) is 6.04 Å². The summed E-state index contributed by atoms with van der Waals surface area (Å²) in [7, 11) is 0. The fourth-order valence-corrected chi connectivity index (χ4v) is 2.30. The predicted octanol–water partition coefficient (Wildman–Crippen LogP) is 3.04. The molecular formula is C12H21N3S. The predicted molar refractivity (Wildman–Crippen MR) is 72.2 cm³/mol. The van der Waals surface area contributed by atoms with Gasteiger partial charge in [0.25, 0.3) is 0 Å². The van der Waals surface area contributed by atoms with Gasteiger partial charge in [0.2, 0.25) is 5.95 Å². The van der Waals surface area contributed by atoms with Crippen LogP contribution in [-0.2, 0) is 0 Å². The van der Waals surface area contributed by atoms with Crippen molar-refractivity contribution in [2.75, 3.05) is 16.8 Å². The van der Waals surface area contributed by atoms with Crippen LogP contribution in [0.5, 0.6) is 0 Å². The lowest BCUT2D eigenvalue weighted by Crippen LogP contribution is -2.18. The molecule has 1 rings (SSSR count). The summed E-state index contributed by atoms with van der Waals surface area (Å²) in [6.07, 6.45) is 1.15. The standard InChI is InChI=1S/C12H21N3S/c1-5-16-7-6-9(2)13-12-14-10(3)8-11(4)15-12/h8-9H,5-7H2,1-4H3,(H,13,14,15). The topological polar surface area (TPSA) is 37.8 Å². The van der Waals surface area contributed by atoms with Gasteiger partial charge in [-0.05, 0) is 44.8 Å². The van der Waals surface area contributed by atoms with Crippen LogP contribution in [-0.4, -0.2) is 27.5 Å². The number of thioether (sulfide) groups is 1. The Morgan fingerprint density at radius 2 is 1.94 bits per heavy atom. The molecule has 0 aliphatic heterocycles. The Bertz CT molecular complexity index is 308. The Morgan fingerprint density at radius 3 is 2.50 bits per heavy atom. The van der Waals surface area contributed by atoms with Gasteiger partial charge in [0.1, 0.15) is 0 Å². The number of nitrogens with zero attached hydrogens (tertiary/aromatic N) is 2. The molecule has 0 saturated carbocycles. The first-order valence-corrected chi connectivity index (χ1v) is 6.94. The third-order valence-corrected chi connectivity index (χ3v) is 3.19. The van der Waals surface area contributed by atoms with Gasteiger partial charge in [0, 0.05) is 17.4 Å². The Kier molecular flexibility index (Phi) is 5.60. The highest BCUT2D eigenvalue weighted by Crippen LogP contribution is 2.09. The maximum atomic E-state index is 4.37. The molecule has 0 radical (unpaired) electrons. The summed E-state index contributed by atoms with van der Waals surface area (Å²) in [4.78, 5) is 8.75. The van der Waals surface area contributed by atoms with Gasteiger partial charge in [-0.25, -0.2) is 9.97 Å². The highest BCUT2D eigenvalue weighted by atomic mass is 32.2. The SMILES string of the molecule is CCSCCC(C)Nc1nc(C)cc(C)n1. The Labute approximate surface area is 102 Å². The maximum Gasteiger partial charge on any atom is 0.223 e. The molecule has 0 fully saturated rings. The second-order valence-corrected chi connectivity index (χ2v) is 5.40. The summed E-state index contributed by atoms with van der Waals surface area (Å²) in [6, 6.07) is 2.42. The zero-order valence-electron chi connectivity index (χ0n) is 10.6. The molecule has 1 atom stereocenters. The molecule has 0 aliphatic carbocycles. The Morgan fingerprint density at radius 1 is 1.31 bits per heavy atom. The van der Waals surface area contributed by atoms with Crippen molar-refractivity contribution in [1.29, 1.82) is 0 Å². The van der Waals surface area contributed by atoms with Crippen LogP contribution in [0.3, 0.4) is 0 Å². The van der Waals surface area contributed by atoms with E-state index in [-0.39, 0.29) is 0 Å². The van der Waals surface area contributed by atoms with E-state index in [1.807, 2.05) is 31.7 Å². The number of nitrogens with one attached hydrogen (secondary N) is 1. The van der Waals surface area contributed by atoms with Crippen LogP contribution in [0.25, 0.3) is 0 Å². The monoisotopic (exact) mass is 239 g/mol. The van der Waals surface area contributed by atoms with E-state index in [4.69, 9.17) is 0 Å². The molecule has 0 spiro atoms. The molecule has 1 unspecified atom stereocenters. The summed E-state index contributed by atoms with van der Waals surface area (Å²) in [5.74, 6) is 3.13. The number of aryl methyl sites for hydroxylation is 2. The zero-order valence-corrected chi connectivity index (χ0v) is 11.4. The van der Waals surface area contributed by atoms with Crippen molar-refractivity contribution >= 4 is 17.7 Å². The van der Waals surface area contributed by atoms with Gasteiger partial charge in [-0.1, -0.05) is 6.92 Å². The minimum atomic E-state index is 0.431. The van der Waals surface area contributed by atoms with E-state index in [9.17, 15) is 0 Å². The number of hydrogen-bond donors (Lipinski definition) is 1. The van der Waals surface area contributed by atoms with E-state index >= 15 is 0 Å². The third kappa shape index (κ3) is 4.84. The van der Waals surface area contributed by atoms with Crippen molar-refractivity contribution in [1.82, 2.24) is 9.97 Å². The summed E-state index contributed by atoms with van der Waals surface area (Å²) >= 11 is 1.97. The van der Waals surface area contributed by atoms with Gasteiger partial charge < -0.3 is 5.32 Å². The van der Waals surface area contributed by atoms with Gasteiger partial charge in [-0.3, -0.25) is 0 Å². The molecule has 1 N–H and O–H groups in total. The highest BCUT2D eigenvalue weighted by Gasteiger charge is 2.04. The van der Waals surface area contributed by atoms with Crippen LogP contribution in [0.1, 0.15) is 31.7 Å². The molecule has 3 nitrogen and oxygen atoms in total. The van der Waals surface area contributed by atoms with Gasteiger partial charge in [0.05, 0.1) is 0 Å². The minimum Gasteiger partial charge on any atom is -0.352 e. The molecule has 0 bridgehead atoms. The largest absolute Gasteiger partial charge is 0.352 e. The van der Waals surface area contributed by atoms with Crippen molar-refractivity contribution in [3.63, 3.8) is 0 Å². The van der Waals surface area contributed by atoms with Crippen LogP contribution >= 0.6 is 11.8 Å². The summed E-state index contributed by atoms with van der Waals surface area (Å²) < 4.78 is 0. The van der Waals surface area contributed by atoms with Crippen LogP contribution in [0.15, 0.2) is 6.07 Å². The Balaban J connectivity index is 2.45. The number of hydrogen-bond acceptors (Lipinski definition) is 4. The highest BCUT2D eigenvalue weighted by molar-refractivity contribution is 7.99. The smallest absolute Gasteiger partial charge is 0.223 e. The number of aromatic nitrogens is 2. The first-order chi connectivity index (χ1) is 7.61. The first-order valence-electron chi connectivity index (χ1n) is 5.78. The van der Waals surface area contributed by atoms with Gasteiger partial charge in [0.15, 0.2) is 0 Å². The summed E-state index contributed by atoms with van der Waals surface area (Å²) in [6.45, 7) is 8.36. The zero-order chi connectivity index (χ0) is 12.0. The average molecular weight is 239 g/mol. The van der Waals surface area contributed by atoms with Gasteiger partial charge in [-0.15, -0.1) is 0 Å². The quantitative estimate of drug-likeness (QED) is 0.774. The molecule has 16 heavy (non-hydrogen) atoms. The van der Waals surface area contributed by atoms with Crippen molar-refractivity contribution in [3.05, 3.63) is 17.5 Å². The van der Waals surface area contributed by atoms with Crippen LogP contribution < -0.4 is 5.32 Å². The lowest BCUT2D eigenvalue weighted by Gasteiger charge is -2.13. The van der Waals surface area contributed by atoms with Crippen molar-refractivity contribution in [3.8, 4) is 0 Å². The molecule has 0 aliphatic rings. The van der Waals surface area contributed by atoms with Crippen molar-refractivity contribution < 1.29 is 0 Å². The summed E-state index contributed by atoms with van der Waals surface area (Å²) in [5, 5.41) is 3.35. The maximum absolute atomic E-state index is 4.37. The first kappa shape index (κ1) is 13.3. The van der Waals surface area contributed by atoms with Gasteiger partial charge >= 0.3 is 0 Å². The number of anilines is 1. The molecule has 90 valence electrons. The van der Waals surface area contributed by atoms with Crippen molar-refractivity contribution in [2.45, 2.75) is 40.2 Å². The lowest BCUT2D eigenvalue weighted by molar-refractivity contribution is 0.757. The second kappa shape index (κ2) is 6.74.